The van der Waals surface area contributed by atoms with Crippen LogP contribution >= 0.6 is 0 Å². The van der Waals surface area contributed by atoms with Gasteiger partial charge in [0.1, 0.15) is 0 Å². The van der Waals surface area contributed by atoms with Gasteiger partial charge in [0, 0.05) is 56.3 Å². The third kappa shape index (κ3) is 4.53. The Morgan fingerprint density at radius 1 is 1.25 bits per heavy atom. The van der Waals surface area contributed by atoms with E-state index in [1.807, 2.05) is 18.3 Å². The minimum atomic E-state index is 0.187. The van der Waals surface area contributed by atoms with E-state index in [0.29, 0.717) is 30.5 Å². The maximum atomic E-state index is 12.3. The van der Waals surface area contributed by atoms with Crippen molar-refractivity contribution in [3.63, 3.8) is 0 Å². The summed E-state index contributed by atoms with van der Waals surface area (Å²) in [4.78, 5) is 19.1. The van der Waals surface area contributed by atoms with Gasteiger partial charge in [-0.2, -0.15) is 0 Å². The summed E-state index contributed by atoms with van der Waals surface area (Å²) in [5.41, 5.74) is 7.54. The van der Waals surface area contributed by atoms with E-state index in [1.54, 1.807) is 0 Å². The smallest absolute Gasteiger partial charge is 0.220 e. The molecule has 0 radical (unpaired) electrons. The van der Waals surface area contributed by atoms with Crippen molar-refractivity contribution < 1.29 is 4.79 Å². The molecular formula is C18H29N5O. The molecule has 2 fully saturated rings. The average molecular weight is 331 g/mol. The molecule has 132 valence electrons. The molecule has 0 saturated carbocycles. The molecule has 1 aromatic heterocycles. The topological polar surface area (TPSA) is 69.3 Å². The van der Waals surface area contributed by atoms with Gasteiger partial charge in [-0.05, 0) is 38.8 Å². The standard InChI is InChI=1S/C18H29N5O/c1-13-17(14(2)22-21-13)11-18(24)20-15-6-9-23(10-7-15)12-16-5-3-4-8-19-16/h3-5,8,13-15,17,21-22H,6-7,9-12H2,1-2H3,(H,20,24). The number of amides is 1. The van der Waals surface area contributed by atoms with E-state index in [2.05, 4.69) is 46.0 Å². The Hall–Kier alpha value is -1.50. The van der Waals surface area contributed by atoms with Crippen molar-refractivity contribution >= 4 is 5.91 Å². The van der Waals surface area contributed by atoms with Crippen molar-refractivity contribution in [2.24, 2.45) is 5.92 Å². The van der Waals surface area contributed by atoms with Gasteiger partial charge < -0.3 is 5.32 Å². The summed E-state index contributed by atoms with van der Waals surface area (Å²) < 4.78 is 0. The van der Waals surface area contributed by atoms with E-state index < -0.39 is 0 Å². The minimum Gasteiger partial charge on any atom is -0.353 e. The zero-order valence-electron chi connectivity index (χ0n) is 14.7. The van der Waals surface area contributed by atoms with Crippen molar-refractivity contribution in [1.29, 1.82) is 0 Å². The third-order valence-electron chi connectivity index (χ3n) is 5.31. The highest BCUT2D eigenvalue weighted by Crippen LogP contribution is 2.19. The Balaban J connectivity index is 1.39. The Kier molecular flexibility index (Phi) is 5.81. The predicted molar refractivity (Wildman–Crippen MR) is 94.0 cm³/mol. The SMILES string of the molecule is CC1NNC(C)C1CC(=O)NC1CCN(Cc2ccccn2)CC1. The Morgan fingerprint density at radius 3 is 2.58 bits per heavy atom. The van der Waals surface area contributed by atoms with Crippen LogP contribution in [0.25, 0.3) is 0 Å². The van der Waals surface area contributed by atoms with E-state index in [4.69, 9.17) is 0 Å². The lowest BCUT2D eigenvalue weighted by Gasteiger charge is -2.32. The highest BCUT2D eigenvalue weighted by molar-refractivity contribution is 5.76. The fraction of sp³-hybridized carbons (Fsp3) is 0.667. The number of pyridine rings is 1. The van der Waals surface area contributed by atoms with Crippen LogP contribution in [0.1, 0.15) is 38.8 Å². The van der Waals surface area contributed by atoms with Gasteiger partial charge in [-0.25, -0.2) is 0 Å². The molecular weight excluding hydrogens is 302 g/mol. The summed E-state index contributed by atoms with van der Waals surface area (Å²) in [5, 5.41) is 3.23. The number of nitrogens with one attached hydrogen (secondary N) is 3. The van der Waals surface area contributed by atoms with Gasteiger partial charge in [-0.1, -0.05) is 6.07 Å². The zero-order chi connectivity index (χ0) is 16.9. The number of hydrazine groups is 1. The maximum absolute atomic E-state index is 12.3. The average Bonchev–Trinajstić information content (AvgIpc) is 2.89. The second kappa shape index (κ2) is 8.05. The molecule has 2 aliphatic heterocycles. The number of aromatic nitrogens is 1. The molecule has 2 aliphatic rings. The molecule has 1 aromatic rings. The zero-order valence-corrected chi connectivity index (χ0v) is 14.7. The lowest BCUT2D eigenvalue weighted by molar-refractivity contribution is -0.123. The van der Waals surface area contributed by atoms with Crippen LogP contribution in [-0.2, 0) is 11.3 Å². The number of hydrogen-bond donors (Lipinski definition) is 3. The molecule has 0 aromatic carbocycles. The van der Waals surface area contributed by atoms with Gasteiger partial charge in [0.2, 0.25) is 5.91 Å². The lowest BCUT2D eigenvalue weighted by atomic mass is 9.92. The van der Waals surface area contributed by atoms with Gasteiger partial charge >= 0.3 is 0 Å². The highest BCUT2D eigenvalue weighted by atomic mass is 16.1. The van der Waals surface area contributed by atoms with Crippen LogP contribution in [0.15, 0.2) is 24.4 Å². The third-order valence-corrected chi connectivity index (χ3v) is 5.31. The molecule has 2 saturated heterocycles. The molecule has 0 aliphatic carbocycles. The molecule has 3 heterocycles. The van der Waals surface area contributed by atoms with Crippen molar-refractivity contribution in [3.8, 4) is 0 Å². The second-order valence-electron chi connectivity index (χ2n) is 7.17. The normalized spacial score (nSPS) is 28.8. The first kappa shape index (κ1) is 17.3. The van der Waals surface area contributed by atoms with E-state index in [-0.39, 0.29) is 5.91 Å². The minimum absolute atomic E-state index is 0.187. The largest absolute Gasteiger partial charge is 0.353 e. The fourth-order valence-electron chi connectivity index (χ4n) is 3.72. The number of likely N-dealkylation sites (tertiary alicyclic amines) is 1. The van der Waals surface area contributed by atoms with Crippen LogP contribution < -0.4 is 16.2 Å². The summed E-state index contributed by atoms with van der Waals surface area (Å²) in [6.07, 6.45) is 4.48. The van der Waals surface area contributed by atoms with Crippen molar-refractivity contribution in [1.82, 2.24) is 26.1 Å². The summed E-state index contributed by atoms with van der Waals surface area (Å²) in [6.45, 7) is 7.19. The van der Waals surface area contributed by atoms with Gasteiger partial charge in [-0.3, -0.25) is 25.5 Å². The van der Waals surface area contributed by atoms with E-state index in [1.165, 1.54) is 0 Å². The summed E-state index contributed by atoms with van der Waals surface area (Å²) in [7, 11) is 0. The number of carbonyl (C=O) groups is 1. The van der Waals surface area contributed by atoms with E-state index >= 15 is 0 Å². The highest BCUT2D eigenvalue weighted by Gasteiger charge is 2.32. The van der Waals surface area contributed by atoms with E-state index in [0.717, 1.165) is 38.2 Å². The molecule has 2 atom stereocenters. The second-order valence-corrected chi connectivity index (χ2v) is 7.17. The molecule has 24 heavy (non-hydrogen) atoms. The summed E-state index contributed by atoms with van der Waals surface area (Å²) in [6, 6.07) is 7.04. The monoisotopic (exact) mass is 331 g/mol. The molecule has 6 heteroatoms. The van der Waals surface area contributed by atoms with Crippen LogP contribution in [0, 0.1) is 5.92 Å². The van der Waals surface area contributed by atoms with Crippen LogP contribution in [-0.4, -0.2) is 47.0 Å². The Labute approximate surface area is 144 Å². The van der Waals surface area contributed by atoms with Crippen LogP contribution in [0.2, 0.25) is 0 Å². The molecule has 2 unspecified atom stereocenters. The lowest BCUT2D eigenvalue weighted by Crippen LogP contribution is -2.45. The Morgan fingerprint density at radius 2 is 1.96 bits per heavy atom. The van der Waals surface area contributed by atoms with E-state index in [9.17, 15) is 4.79 Å². The molecule has 6 nitrogen and oxygen atoms in total. The first-order valence-corrected chi connectivity index (χ1v) is 9.04. The maximum Gasteiger partial charge on any atom is 0.220 e. The number of piperidine rings is 1. The summed E-state index contributed by atoms with van der Waals surface area (Å²) >= 11 is 0. The van der Waals surface area contributed by atoms with Crippen molar-refractivity contribution in [2.45, 2.75) is 57.8 Å². The molecule has 3 N–H and O–H groups in total. The first-order valence-electron chi connectivity index (χ1n) is 9.04. The quantitative estimate of drug-likeness (QED) is 0.752. The molecule has 3 rings (SSSR count). The van der Waals surface area contributed by atoms with Gasteiger partial charge in [-0.15, -0.1) is 0 Å². The van der Waals surface area contributed by atoms with Crippen LogP contribution in [0.5, 0.6) is 0 Å². The molecule has 0 spiro atoms. The van der Waals surface area contributed by atoms with Crippen molar-refractivity contribution in [3.05, 3.63) is 30.1 Å². The summed E-state index contributed by atoms with van der Waals surface area (Å²) in [5.74, 6) is 0.543. The van der Waals surface area contributed by atoms with Gasteiger partial charge in [0.05, 0.1) is 5.69 Å². The number of carbonyl (C=O) groups excluding carboxylic acids is 1. The van der Waals surface area contributed by atoms with Gasteiger partial charge in [0.15, 0.2) is 0 Å². The number of rotatable bonds is 5. The van der Waals surface area contributed by atoms with Crippen molar-refractivity contribution in [2.75, 3.05) is 13.1 Å². The van der Waals surface area contributed by atoms with Gasteiger partial charge in [0.25, 0.3) is 0 Å². The van der Waals surface area contributed by atoms with Crippen LogP contribution in [0.3, 0.4) is 0 Å². The molecule has 0 bridgehead atoms. The van der Waals surface area contributed by atoms with Crippen LogP contribution in [0.4, 0.5) is 0 Å². The number of nitrogens with zero attached hydrogens (tertiary/aromatic N) is 2. The fourth-order valence-corrected chi connectivity index (χ4v) is 3.72. The predicted octanol–water partition coefficient (Wildman–Crippen LogP) is 1.05. The first-order chi connectivity index (χ1) is 11.6. The number of hydrogen-bond acceptors (Lipinski definition) is 5. The molecule has 1 amide bonds. The Bertz CT molecular complexity index is 519.